The van der Waals surface area contributed by atoms with E-state index in [0.717, 1.165) is 15.6 Å². The van der Waals surface area contributed by atoms with Crippen molar-refractivity contribution in [1.82, 2.24) is 20.1 Å². The second kappa shape index (κ2) is 5.52. The second-order valence-corrected chi connectivity index (χ2v) is 6.19. The molecule has 0 bridgehead atoms. The van der Waals surface area contributed by atoms with Crippen LogP contribution >= 0.6 is 27.3 Å². The van der Waals surface area contributed by atoms with E-state index >= 15 is 0 Å². The number of carbonyl (C=O) groups excluding carboxylic acids is 1. The molecule has 0 saturated heterocycles. The lowest BCUT2D eigenvalue weighted by Gasteiger charge is -2.02. The van der Waals surface area contributed by atoms with Crippen molar-refractivity contribution in [2.75, 3.05) is 0 Å². The summed E-state index contributed by atoms with van der Waals surface area (Å²) in [6.07, 6.45) is -3.00. The molecule has 0 spiro atoms. The molecule has 0 radical (unpaired) electrons. The molecule has 0 fully saturated rings. The Bertz CT molecular complexity index is 637. The summed E-state index contributed by atoms with van der Waals surface area (Å²) in [4.78, 5) is 16.5. The first-order valence-electron chi connectivity index (χ1n) is 5.27. The van der Waals surface area contributed by atoms with Crippen molar-refractivity contribution >= 4 is 33.2 Å². The van der Waals surface area contributed by atoms with E-state index in [1.807, 2.05) is 0 Å². The minimum absolute atomic E-state index is 0.152. The molecule has 1 N–H and O–H groups in total. The number of nitrogens with one attached hydrogen (secondary N) is 1. The molecule has 2 rings (SSSR count). The Hall–Kier alpha value is -1.42. The number of carbonyl (C=O) groups is 1. The fourth-order valence-corrected chi connectivity index (χ4v) is 2.74. The predicted octanol–water partition coefficient (Wildman–Crippen LogP) is 2.59. The number of amides is 1. The SMILES string of the molecule is Cn1nc(C(F)(F)F)cc1C(=O)NCc1cnc(Br)s1. The fourth-order valence-electron chi connectivity index (χ4n) is 1.44. The zero-order chi connectivity index (χ0) is 14.9. The maximum Gasteiger partial charge on any atom is 0.435 e. The average Bonchev–Trinajstić information content (AvgIpc) is 2.92. The van der Waals surface area contributed by atoms with E-state index in [0.29, 0.717) is 3.92 Å². The van der Waals surface area contributed by atoms with E-state index in [1.54, 1.807) is 6.20 Å². The molecule has 1 amide bonds. The maximum atomic E-state index is 12.5. The van der Waals surface area contributed by atoms with Gasteiger partial charge in [0.25, 0.3) is 5.91 Å². The predicted molar refractivity (Wildman–Crippen MR) is 69.2 cm³/mol. The van der Waals surface area contributed by atoms with Crippen molar-refractivity contribution < 1.29 is 18.0 Å². The van der Waals surface area contributed by atoms with Gasteiger partial charge in [-0.15, -0.1) is 11.3 Å². The largest absolute Gasteiger partial charge is 0.435 e. The first-order chi connectivity index (χ1) is 9.27. The van der Waals surface area contributed by atoms with Gasteiger partial charge in [0, 0.05) is 24.2 Å². The third-order valence-corrected chi connectivity index (χ3v) is 3.83. The highest BCUT2D eigenvalue weighted by Gasteiger charge is 2.35. The Kier molecular flexibility index (Phi) is 4.14. The Morgan fingerprint density at radius 2 is 2.25 bits per heavy atom. The van der Waals surface area contributed by atoms with Crippen molar-refractivity contribution in [3.05, 3.63) is 32.4 Å². The summed E-state index contributed by atoms with van der Waals surface area (Å²) in [6, 6.07) is 0.720. The molecule has 5 nitrogen and oxygen atoms in total. The number of aromatic nitrogens is 3. The van der Waals surface area contributed by atoms with Gasteiger partial charge in [0.1, 0.15) is 5.69 Å². The molecule has 0 aliphatic carbocycles. The molecule has 0 unspecified atom stereocenters. The van der Waals surface area contributed by atoms with E-state index in [1.165, 1.54) is 18.4 Å². The number of rotatable bonds is 3. The highest BCUT2D eigenvalue weighted by molar-refractivity contribution is 9.11. The molecule has 0 atom stereocenters. The summed E-state index contributed by atoms with van der Waals surface area (Å²) in [5.74, 6) is -0.625. The van der Waals surface area contributed by atoms with Gasteiger partial charge in [0.2, 0.25) is 0 Å². The summed E-state index contributed by atoms with van der Waals surface area (Å²) in [5, 5.41) is 5.79. The third-order valence-electron chi connectivity index (χ3n) is 2.35. The van der Waals surface area contributed by atoms with E-state index in [4.69, 9.17) is 0 Å². The van der Waals surface area contributed by atoms with Gasteiger partial charge in [-0.25, -0.2) is 4.98 Å². The summed E-state index contributed by atoms with van der Waals surface area (Å²) in [7, 11) is 1.29. The molecule has 0 aromatic carbocycles. The van der Waals surface area contributed by atoms with Crippen LogP contribution in [0.25, 0.3) is 0 Å². The second-order valence-electron chi connectivity index (χ2n) is 3.80. The number of aryl methyl sites for hydroxylation is 1. The van der Waals surface area contributed by atoms with E-state index < -0.39 is 17.8 Å². The lowest BCUT2D eigenvalue weighted by atomic mass is 10.3. The van der Waals surface area contributed by atoms with Crippen molar-refractivity contribution in [3.8, 4) is 0 Å². The minimum atomic E-state index is -4.57. The maximum absolute atomic E-state index is 12.5. The standard InChI is InChI=1S/C10H8BrF3N4OS/c1-18-6(2-7(17-18)10(12,13)14)8(19)15-3-5-4-16-9(11)20-5/h2,4H,3H2,1H3,(H,15,19). The molecule has 2 heterocycles. The van der Waals surface area contributed by atoms with E-state index in [-0.39, 0.29) is 12.2 Å². The number of halogens is 4. The van der Waals surface area contributed by atoms with Crippen molar-refractivity contribution in [2.24, 2.45) is 7.05 Å². The van der Waals surface area contributed by atoms with Crippen LogP contribution in [0, 0.1) is 0 Å². The molecule has 0 aliphatic rings. The summed E-state index contributed by atoms with van der Waals surface area (Å²) < 4.78 is 39.0. The molecule has 20 heavy (non-hydrogen) atoms. The highest BCUT2D eigenvalue weighted by Crippen LogP contribution is 2.28. The van der Waals surface area contributed by atoms with Crippen LogP contribution in [-0.4, -0.2) is 20.7 Å². The van der Waals surface area contributed by atoms with Gasteiger partial charge in [-0.3, -0.25) is 9.48 Å². The molecule has 108 valence electrons. The third kappa shape index (κ3) is 3.37. The van der Waals surface area contributed by atoms with Crippen LogP contribution in [0.15, 0.2) is 16.2 Å². The fraction of sp³-hybridized carbons (Fsp3) is 0.300. The van der Waals surface area contributed by atoms with Gasteiger partial charge >= 0.3 is 6.18 Å². The lowest BCUT2D eigenvalue weighted by molar-refractivity contribution is -0.141. The first-order valence-corrected chi connectivity index (χ1v) is 6.88. The molecular formula is C10H8BrF3N4OS. The van der Waals surface area contributed by atoms with Crippen LogP contribution in [0.5, 0.6) is 0 Å². The number of thiazole rings is 1. The van der Waals surface area contributed by atoms with Crippen molar-refractivity contribution in [2.45, 2.75) is 12.7 Å². The Balaban J connectivity index is 2.08. The molecule has 10 heteroatoms. The zero-order valence-electron chi connectivity index (χ0n) is 10.0. The Labute approximate surface area is 123 Å². The van der Waals surface area contributed by atoms with Gasteiger partial charge in [-0.2, -0.15) is 18.3 Å². The number of hydrogen-bond donors (Lipinski definition) is 1. The minimum Gasteiger partial charge on any atom is -0.346 e. The van der Waals surface area contributed by atoms with Gasteiger partial charge < -0.3 is 5.32 Å². The summed E-state index contributed by atoms with van der Waals surface area (Å²) in [5.41, 5.74) is -1.24. The smallest absolute Gasteiger partial charge is 0.346 e. The van der Waals surface area contributed by atoms with E-state index in [9.17, 15) is 18.0 Å². The molecule has 0 aliphatic heterocycles. The van der Waals surface area contributed by atoms with E-state index in [2.05, 4.69) is 31.3 Å². The quantitative estimate of drug-likeness (QED) is 0.905. The van der Waals surface area contributed by atoms with Gasteiger partial charge in [0.15, 0.2) is 9.61 Å². The van der Waals surface area contributed by atoms with Crippen LogP contribution in [-0.2, 0) is 19.8 Å². The summed E-state index contributed by atoms with van der Waals surface area (Å²) >= 11 is 4.50. The number of hydrogen-bond acceptors (Lipinski definition) is 4. The van der Waals surface area contributed by atoms with Crippen LogP contribution in [0.2, 0.25) is 0 Å². The van der Waals surface area contributed by atoms with Gasteiger partial charge in [-0.05, 0) is 15.9 Å². The zero-order valence-corrected chi connectivity index (χ0v) is 12.4. The number of alkyl halides is 3. The first kappa shape index (κ1) is 15.0. The Morgan fingerprint density at radius 1 is 1.55 bits per heavy atom. The molecule has 0 saturated carbocycles. The van der Waals surface area contributed by atoms with Crippen LogP contribution in [0.4, 0.5) is 13.2 Å². The summed E-state index contributed by atoms with van der Waals surface area (Å²) in [6.45, 7) is 0.189. The van der Waals surface area contributed by atoms with Gasteiger partial charge in [0.05, 0.1) is 6.54 Å². The van der Waals surface area contributed by atoms with Crippen LogP contribution in [0.1, 0.15) is 21.1 Å². The highest BCUT2D eigenvalue weighted by atomic mass is 79.9. The molecule has 2 aromatic heterocycles. The Morgan fingerprint density at radius 3 is 2.75 bits per heavy atom. The van der Waals surface area contributed by atoms with Gasteiger partial charge in [-0.1, -0.05) is 0 Å². The monoisotopic (exact) mass is 368 g/mol. The number of nitrogens with zero attached hydrogens (tertiary/aromatic N) is 3. The van der Waals surface area contributed by atoms with Crippen molar-refractivity contribution in [1.29, 1.82) is 0 Å². The normalized spacial score (nSPS) is 11.7. The lowest BCUT2D eigenvalue weighted by Crippen LogP contribution is -2.24. The topological polar surface area (TPSA) is 59.8 Å². The van der Waals surface area contributed by atoms with Crippen LogP contribution in [0.3, 0.4) is 0 Å². The molecule has 2 aromatic rings. The molecular weight excluding hydrogens is 361 g/mol. The van der Waals surface area contributed by atoms with Crippen molar-refractivity contribution in [3.63, 3.8) is 0 Å². The average molecular weight is 369 g/mol. The van der Waals surface area contributed by atoms with Crippen LogP contribution < -0.4 is 5.32 Å².